The molecular weight excluding hydrogens is 304 g/mol. The van der Waals surface area contributed by atoms with Gasteiger partial charge < -0.3 is 20.9 Å². The van der Waals surface area contributed by atoms with Crippen molar-refractivity contribution in [1.29, 1.82) is 0 Å². The molecule has 2 amide bonds. The number of rotatable bonds is 8. The summed E-state index contributed by atoms with van der Waals surface area (Å²) in [5.74, 6) is -0.259. The van der Waals surface area contributed by atoms with Crippen LogP contribution in [-0.4, -0.2) is 62.5 Å². The Kier molecular flexibility index (Phi) is 7.71. The van der Waals surface area contributed by atoms with Gasteiger partial charge >= 0.3 is 0 Å². The summed E-state index contributed by atoms with van der Waals surface area (Å²) in [7, 11) is 0. The van der Waals surface area contributed by atoms with Crippen molar-refractivity contribution >= 4 is 11.8 Å². The van der Waals surface area contributed by atoms with Crippen molar-refractivity contribution in [3.63, 3.8) is 0 Å². The van der Waals surface area contributed by atoms with Gasteiger partial charge in [0.15, 0.2) is 0 Å². The van der Waals surface area contributed by atoms with Gasteiger partial charge in [-0.2, -0.15) is 0 Å². The number of carbonyl (C=O) groups excluding carboxylic acids is 2. The summed E-state index contributed by atoms with van der Waals surface area (Å²) >= 11 is 0. The van der Waals surface area contributed by atoms with Crippen molar-refractivity contribution in [2.24, 2.45) is 0 Å². The topological polar surface area (TPSA) is 73.5 Å². The summed E-state index contributed by atoms with van der Waals surface area (Å²) in [4.78, 5) is 26.6. The SMILES string of the molecule is CCCNC(=O)c1cccc(C(=O)NCCCN2CCNCC2)c1. The molecule has 24 heavy (non-hydrogen) atoms. The molecule has 0 atom stereocenters. The molecule has 0 saturated carbocycles. The van der Waals surface area contributed by atoms with Crippen LogP contribution in [0.15, 0.2) is 24.3 Å². The van der Waals surface area contributed by atoms with E-state index in [2.05, 4.69) is 20.9 Å². The van der Waals surface area contributed by atoms with Gasteiger partial charge in [0.1, 0.15) is 0 Å². The third-order valence-electron chi connectivity index (χ3n) is 4.07. The van der Waals surface area contributed by atoms with Crippen molar-refractivity contribution in [3.8, 4) is 0 Å². The Morgan fingerprint density at radius 3 is 2.33 bits per heavy atom. The molecule has 1 aromatic carbocycles. The van der Waals surface area contributed by atoms with E-state index in [0.29, 0.717) is 24.2 Å². The van der Waals surface area contributed by atoms with Crippen molar-refractivity contribution < 1.29 is 9.59 Å². The van der Waals surface area contributed by atoms with E-state index in [1.165, 1.54) is 0 Å². The van der Waals surface area contributed by atoms with Crippen LogP contribution in [0, 0.1) is 0 Å². The number of nitrogens with zero attached hydrogens (tertiary/aromatic N) is 1. The first kappa shape index (κ1) is 18.4. The highest BCUT2D eigenvalue weighted by Crippen LogP contribution is 2.05. The van der Waals surface area contributed by atoms with Gasteiger partial charge in [-0.15, -0.1) is 0 Å². The summed E-state index contributed by atoms with van der Waals surface area (Å²) < 4.78 is 0. The lowest BCUT2D eigenvalue weighted by molar-refractivity contribution is 0.0951. The summed E-state index contributed by atoms with van der Waals surface area (Å²) in [6.45, 7) is 8.52. The van der Waals surface area contributed by atoms with Crippen LogP contribution in [0.4, 0.5) is 0 Å². The molecule has 2 rings (SSSR count). The second kappa shape index (κ2) is 10.1. The Morgan fingerprint density at radius 1 is 1.08 bits per heavy atom. The van der Waals surface area contributed by atoms with E-state index in [1.54, 1.807) is 24.3 Å². The Morgan fingerprint density at radius 2 is 1.71 bits per heavy atom. The largest absolute Gasteiger partial charge is 0.352 e. The van der Waals surface area contributed by atoms with Crippen LogP contribution in [-0.2, 0) is 0 Å². The minimum Gasteiger partial charge on any atom is -0.352 e. The minimum atomic E-state index is -0.134. The molecule has 1 aliphatic rings. The van der Waals surface area contributed by atoms with Crippen LogP contribution in [0.25, 0.3) is 0 Å². The summed E-state index contributed by atoms with van der Waals surface area (Å²) in [5, 5.41) is 9.08. The lowest BCUT2D eigenvalue weighted by Crippen LogP contribution is -2.44. The highest BCUT2D eigenvalue weighted by molar-refractivity contribution is 5.99. The van der Waals surface area contributed by atoms with Gasteiger partial charge in [0.25, 0.3) is 11.8 Å². The third kappa shape index (κ3) is 5.94. The van der Waals surface area contributed by atoms with Crippen molar-refractivity contribution in [2.45, 2.75) is 19.8 Å². The average molecular weight is 332 g/mol. The summed E-state index contributed by atoms with van der Waals surface area (Å²) in [5.41, 5.74) is 1.05. The Hall–Kier alpha value is -1.92. The number of hydrogen-bond acceptors (Lipinski definition) is 4. The van der Waals surface area contributed by atoms with Crippen LogP contribution in [0.5, 0.6) is 0 Å². The maximum atomic E-state index is 12.2. The summed E-state index contributed by atoms with van der Waals surface area (Å²) in [6.07, 6.45) is 1.82. The first-order chi connectivity index (χ1) is 11.7. The van der Waals surface area contributed by atoms with Gasteiger partial charge in [0, 0.05) is 50.4 Å². The van der Waals surface area contributed by atoms with Gasteiger partial charge in [-0.3, -0.25) is 9.59 Å². The van der Waals surface area contributed by atoms with Crippen LogP contribution in [0.3, 0.4) is 0 Å². The normalized spacial score (nSPS) is 15.0. The van der Waals surface area contributed by atoms with Gasteiger partial charge in [-0.25, -0.2) is 0 Å². The van der Waals surface area contributed by atoms with Crippen molar-refractivity contribution in [3.05, 3.63) is 35.4 Å². The van der Waals surface area contributed by atoms with E-state index in [0.717, 1.165) is 45.6 Å². The predicted molar refractivity (Wildman–Crippen MR) is 95.3 cm³/mol. The fourth-order valence-electron chi connectivity index (χ4n) is 2.68. The number of carbonyl (C=O) groups is 2. The zero-order valence-corrected chi connectivity index (χ0v) is 14.4. The van der Waals surface area contributed by atoms with Crippen molar-refractivity contribution in [2.75, 3.05) is 45.8 Å². The number of benzene rings is 1. The summed E-state index contributed by atoms with van der Waals surface area (Å²) in [6, 6.07) is 6.86. The lowest BCUT2D eigenvalue weighted by Gasteiger charge is -2.27. The van der Waals surface area contributed by atoms with E-state index < -0.39 is 0 Å². The molecule has 1 saturated heterocycles. The molecular formula is C18H28N4O2. The minimum absolute atomic E-state index is 0.125. The molecule has 3 N–H and O–H groups in total. The Balaban J connectivity index is 1.76. The molecule has 0 spiro atoms. The third-order valence-corrected chi connectivity index (χ3v) is 4.07. The molecule has 1 fully saturated rings. The first-order valence-corrected chi connectivity index (χ1v) is 8.80. The molecule has 132 valence electrons. The van der Waals surface area contributed by atoms with E-state index in [9.17, 15) is 9.59 Å². The smallest absolute Gasteiger partial charge is 0.251 e. The maximum Gasteiger partial charge on any atom is 0.251 e. The molecule has 6 heteroatoms. The zero-order chi connectivity index (χ0) is 17.2. The van der Waals surface area contributed by atoms with Gasteiger partial charge in [-0.1, -0.05) is 13.0 Å². The zero-order valence-electron chi connectivity index (χ0n) is 14.4. The predicted octanol–water partition coefficient (Wildman–Crippen LogP) is 0.852. The Labute approximate surface area is 144 Å². The monoisotopic (exact) mass is 332 g/mol. The molecule has 0 bridgehead atoms. The molecule has 0 radical (unpaired) electrons. The highest BCUT2D eigenvalue weighted by Gasteiger charge is 2.11. The maximum absolute atomic E-state index is 12.2. The molecule has 0 unspecified atom stereocenters. The van der Waals surface area contributed by atoms with E-state index >= 15 is 0 Å². The number of amides is 2. The van der Waals surface area contributed by atoms with Gasteiger partial charge in [0.05, 0.1) is 0 Å². The quantitative estimate of drug-likeness (QED) is 0.617. The van der Waals surface area contributed by atoms with Gasteiger partial charge in [-0.05, 0) is 37.6 Å². The van der Waals surface area contributed by atoms with Crippen molar-refractivity contribution in [1.82, 2.24) is 20.9 Å². The van der Waals surface area contributed by atoms with E-state index in [1.807, 2.05) is 6.92 Å². The first-order valence-electron chi connectivity index (χ1n) is 8.80. The number of nitrogens with one attached hydrogen (secondary N) is 3. The second-order valence-electron chi connectivity index (χ2n) is 6.04. The molecule has 1 heterocycles. The Bertz CT molecular complexity index is 542. The fourth-order valence-corrected chi connectivity index (χ4v) is 2.68. The molecule has 1 aromatic rings. The molecule has 1 aliphatic heterocycles. The lowest BCUT2D eigenvalue weighted by atomic mass is 10.1. The molecule has 6 nitrogen and oxygen atoms in total. The van der Waals surface area contributed by atoms with E-state index in [-0.39, 0.29) is 11.8 Å². The number of piperazine rings is 1. The fraction of sp³-hybridized carbons (Fsp3) is 0.556. The van der Waals surface area contributed by atoms with Crippen LogP contribution >= 0.6 is 0 Å². The highest BCUT2D eigenvalue weighted by atomic mass is 16.2. The average Bonchev–Trinajstić information content (AvgIpc) is 2.64. The number of hydrogen-bond donors (Lipinski definition) is 3. The molecule has 0 aliphatic carbocycles. The molecule has 0 aromatic heterocycles. The van der Waals surface area contributed by atoms with Crippen LogP contribution in [0.1, 0.15) is 40.5 Å². The standard InChI is InChI=1S/C18H28N4O2/c1-2-7-20-17(23)15-5-3-6-16(14-15)18(24)21-8-4-11-22-12-9-19-10-13-22/h3,5-6,14,19H,2,4,7-13H2,1H3,(H,20,23)(H,21,24). The van der Waals surface area contributed by atoms with Gasteiger partial charge in [0.2, 0.25) is 0 Å². The van der Waals surface area contributed by atoms with Crippen LogP contribution in [0.2, 0.25) is 0 Å². The second-order valence-corrected chi connectivity index (χ2v) is 6.04. The van der Waals surface area contributed by atoms with Crippen LogP contribution < -0.4 is 16.0 Å². The van der Waals surface area contributed by atoms with E-state index in [4.69, 9.17) is 0 Å².